The monoisotopic (exact) mass is 524 g/mol. The third-order valence-electron chi connectivity index (χ3n) is 4.67. The van der Waals surface area contributed by atoms with Crippen LogP contribution in [0.15, 0.2) is 42.1 Å². The Morgan fingerprint density at radius 3 is 2.57 bits per heavy atom. The molecule has 1 fully saturated rings. The molecule has 6 nitrogen and oxygen atoms in total. The van der Waals surface area contributed by atoms with E-state index < -0.39 is 11.9 Å². The van der Waals surface area contributed by atoms with E-state index in [2.05, 4.69) is 27.9 Å². The van der Waals surface area contributed by atoms with Crippen LogP contribution >= 0.6 is 22.6 Å². The van der Waals surface area contributed by atoms with E-state index in [4.69, 9.17) is 9.47 Å². The first-order valence-electron chi connectivity index (χ1n) is 9.45. The quantitative estimate of drug-likeness (QED) is 0.324. The van der Waals surface area contributed by atoms with Crippen molar-refractivity contribution in [1.29, 1.82) is 0 Å². The van der Waals surface area contributed by atoms with Crippen LogP contribution in [0.4, 0.5) is 9.18 Å². The largest absolute Gasteiger partial charge is 0.493 e. The van der Waals surface area contributed by atoms with E-state index in [1.54, 1.807) is 31.4 Å². The van der Waals surface area contributed by atoms with Crippen molar-refractivity contribution < 1.29 is 23.5 Å². The van der Waals surface area contributed by atoms with Gasteiger partial charge >= 0.3 is 6.03 Å². The summed E-state index contributed by atoms with van der Waals surface area (Å²) in [5.41, 5.74) is 1.51. The number of carbonyl (C=O) groups excluding carboxylic acids is 2. The second-order valence-corrected chi connectivity index (χ2v) is 8.04. The molecule has 0 aromatic heterocycles. The lowest BCUT2D eigenvalue weighted by Crippen LogP contribution is -2.30. The fraction of sp³-hybridized carbons (Fsp3) is 0.273. The van der Waals surface area contributed by atoms with E-state index in [-0.39, 0.29) is 24.2 Å². The molecule has 0 radical (unpaired) electrons. The van der Waals surface area contributed by atoms with Gasteiger partial charge in [-0.25, -0.2) is 9.18 Å². The molecule has 1 atom stereocenters. The molecular weight excluding hydrogens is 502 g/mol. The van der Waals surface area contributed by atoms with Gasteiger partial charge < -0.3 is 14.8 Å². The Morgan fingerprint density at radius 1 is 1.23 bits per heavy atom. The number of carbonyl (C=O) groups is 2. The highest BCUT2D eigenvalue weighted by Crippen LogP contribution is 2.35. The van der Waals surface area contributed by atoms with Gasteiger partial charge in [0.05, 0.1) is 23.3 Å². The van der Waals surface area contributed by atoms with E-state index in [0.717, 1.165) is 14.9 Å². The van der Waals surface area contributed by atoms with Crippen molar-refractivity contribution in [1.82, 2.24) is 10.2 Å². The molecule has 1 N–H and O–H groups in total. The number of benzene rings is 2. The van der Waals surface area contributed by atoms with Crippen LogP contribution in [-0.2, 0) is 11.3 Å². The minimum absolute atomic E-state index is 0.0346. The molecule has 0 aliphatic carbocycles. The van der Waals surface area contributed by atoms with Crippen LogP contribution in [0.2, 0.25) is 0 Å². The minimum Gasteiger partial charge on any atom is -0.493 e. The maximum Gasteiger partial charge on any atom is 0.329 e. The summed E-state index contributed by atoms with van der Waals surface area (Å²) in [6.07, 6.45) is 2.49. The zero-order valence-corrected chi connectivity index (χ0v) is 19.0. The van der Waals surface area contributed by atoms with Gasteiger partial charge in [0.2, 0.25) is 0 Å². The summed E-state index contributed by atoms with van der Waals surface area (Å²) in [5, 5.41) is 2.60. The average molecular weight is 524 g/mol. The second kappa shape index (κ2) is 9.46. The van der Waals surface area contributed by atoms with Crippen molar-refractivity contribution in [2.24, 2.45) is 0 Å². The topological polar surface area (TPSA) is 67.9 Å². The standard InChI is InChI=1S/C22H22FIN2O4/c1-4-13(2)30-20-17(24)9-15(11-19(20)29-3)10-18-21(27)26(22(28)25-18)12-14-5-7-16(23)8-6-14/h5-11,13H,4,12H2,1-3H3,(H,25,28)/b18-10+/t13-/m0/s1. The molecule has 0 unspecified atom stereocenters. The first kappa shape index (κ1) is 22.1. The van der Waals surface area contributed by atoms with E-state index in [1.165, 1.54) is 12.1 Å². The van der Waals surface area contributed by atoms with Gasteiger partial charge in [-0.05, 0) is 77.4 Å². The lowest BCUT2D eigenvalue weighted by atomic mass is 10.1. The highest BCUT2D eigenvalue weighted by Gasteiger charge is 2.33. The van der Waals surface area contributed by atoms with Crippen LogP contribution < -0.4 is 14.8 Å². The summed E-state index contributed by atoms with van der Waals surface area (Å²) in [6, 6.07) is 8.77. The number of hydrogen-bond donors (Lipinski definition) is 1. The molecular formula is C22H22FIN2O4. The van der Waals surface area contributed by atoms with Crippen LogP contribution in [0.1, 0.15) is 31.4 Å². The number of imide groups is 1. The van der Waals surface area contributed by atoms with Crippen molar-refractivity contribution in [2.75, 3.05) is 7.11 Å². The molecule has 3 amide bonds. The van der Waals surface area contributed by atoms with Crippen molar-refractivity contribution in [3.05, 3.63) is 62.6 Å². The summed E-state index contributed by atoms with van der Waals surface area (Å²) in [5.74, 6) is 0.377. The molecule has 0 spiro atoms. The Balaban J connectivity index is 1.84. The number of hydrogen-bond acceptors (Lipinski definition) is 4. The molecule has 1 heterocycles. The van der Waals surface area contributed by atoms with E-state index >= 15 is 0 Å². The molecule has 1 saturated heterocycles. The maximum atomic E-state index is 13.1. The fourth-order valence-corrected chi connectivity index (χ4v) is 3.63. The van der Waals surface area contributed by atoms with Gasteiger partial charge in [-0.2, -0.15) is 0 Å². The molecule has 0 saturated carbocycles. The molecule has 158 valence electrons. The summed E-state index contributed by atoms with van der Waals surface area (Å²) in [6.45, 7) is 4.08. The van der Waals surface area contributed by atoms with Gasteiger partial charge in [0.1, 0.15) is 11.5 Å². The fourth-order valence-electron chi connectivity index (χ4n) is 2.88. The van der Waals surface area contributed by atoms with Gasteiger partial charge in [-0.15, -0.1) is 0 Å². The number of ether oxygens (including phenoxy) is 2. The van der Waals surface area contributed by atoms with E-state index in [0.29, 0.717) is 22.6 Å². The number of halogens is 2. The average Bonchev–Trinajstić information content (AvgIpc) is 2.98. The molecule has 30 heavy (non-hydrogen) atoms. The van der Waals surface area contributed by atoms with Gasteiger partial charge in [0.15, 0.2) is 11.5 Å². The van der Waals surface area contributed by atoms with Crippen LogP contribution in [0.25, 0.3) is 6.08 Å². The van der Waals surface area contributed by atoms with Crippen LogP contribution in [0.3, 0.4) is 0 Å². The Bertz CT molecular complexity index is 991. The lowest BCUT2D eigenvalue weighted by molar-refractivity contribution is -0.123. The Morgan fingerprint density at radius 2 is 1.93 bits per heavy atom. The zero-order chi connectivity index (χ0) is 21.8. The van der Waals surface area contributed by atoms with Crippen molar-refractivity contribution in [3.8, 4) is 11.5 Å². The molecule has 0 bridgehead atoms. The summed E-state index contributed by atoms with van der Waals surface area (Å²) in [4.78, 5) is 26.1. The van der Waals surface area contributed by atoms with E-state index in [1.807, 2.05) is 19.9 Å². The third-order valence-corrected chi connectivity index (χ3v) is 5.47. The normalized spacial score (nSPS) is 16.0. The molecule has 2 aromatic rings. The highest BCUT2D eigenvalue weighted by molar-refractivity contribution is 14.1. The summed E-state index contributed by atoms with van der Waals surface area (Å²) in [7, 11) is 1.55. The predicted octanol–water partition coefficient (Wildman–Crippen LogP) is 4.71. The van der Waals surface area contributed by atoms with Crippen LogP contribution in [0.5, 0.6) is 11.5 Å². The molecule has 1 aliphatic rings. The highest BCUT2D eigenvalue weighted by atomic mass is 127. The lowest BCUT2D eigenvalue weighted by Gasteiger charge is -2.17. The number of urea groups is 1. The molecule has 8 heteroatoms. The van der Waals surface area contributed by atoms with Crippen molar-refractivity contribution >= 4 is 40.6 Å². The number of nitrogens with zero attached hydrogens (tertiary/aromatic N) is 1. The maximum absolute atomic E-state index is 13.1. The van der Waals surface area contributed by atoms with Crippen molar-refractivity contribution in [3.63, 3.8) is 0 Å². The van der Waals surface area contributed by atoms with E-state index in [9.17, 15) is 14.0 Å². The van der Waals surface area contributed by atoms with Crippen molar-refractivity contribution in [2.45, 2.75) is 32.9 Å². The van der Waals surface area contributed by atoms with Gasteiger partial charge in [-0.1, -0.05) is 19.1 Å². The molecule has 2 aromatic carbocycles. The number of amides is 3. The third kappa shape index (κ3) is 4.92. The minimum atomic E-state index is -0.519. The number of rotatable bonds is 7. The second-order valence-electron chi connectivity index (χ2n) is 6.88. The number of nitrogens with one attached hydrogen (secondary N) is 1. The first-order valence-corrected chi connectivity index (χ1v) is 10.5. The summed E-state index contributed by atoms with van der Waals surface area (Å²) < 4.78 is 25.3. The van der Waals surface area contributed by atoms with Gasteiger partial charge in [0, 0.05) is 0 Å². The smallest absolute Gasteiger partial charge is 0.329 e. The Labute approximate surface area is 188 Å². The van der Waals surface area contributed by atoms with Crippen LogP contribution in [-0.4, -0.2) is 30.1 Å². The Hall–Kier alpha value is -2.62. The zero-order valence-electron chi connectivity index (χ0n) is 16.9. The molecule has 1 aliphatic heterocycles. The SMILES string of the molecule is CC[C@H](C)Oc1c(I)cc(/C=C2/NC(=O)N(Cc3ccc(F)cc3)C2=O)cc1OC. The van der Waals surface area contributed by atoms with Gasteiger partial charge in [-0.3, -0.25) is 9.69 Å². The molecule has 3 rings (SSSR count). The Kier molecular flexibility index (Phi) is 6.96. The summed E-state index contributed by atoms with van der Waals surface area (Å²) >= 11 is 2.15. The predicted molar refractivity (Wildman–Crippen MR) is 120 cm³/mol. The van der Waals surface area contributed by atoms with Crippen LogP contribution in [0, 0.1) is 9.39 Å². The number of methoxy groups -OCH3 is 1. The van der Waals surface area contributed by atoms with Gasteiger partial charge in [0.25, 0.3) is 5.91 Å². The first-order chi connectivity index (χ1) is 14.3.